The highest BCUT2D eigenvalue weighted by Crippen LogP contribution is 2.36. The van der Waals surface area contributed by atoms with Crippen LogP contribution in [0, 0.1) is 0 Å². The van der Waals surface area contributed by atoms with Gasteiger partial charge >= 0.3 is 5.97 Å². The van der Waals surface area contributed by atoms with E-state index < -0.39 is 5.97 Å². The SMILES string of the molecule is O=C(O)c1ccc(COc2c(Cl)cc(Cl)cc2Cl)c(Br)c1. The van der Waals surface area contributed by atoms with Crippen LogP contribution in [0.15, 0.2) is 34.8 Å². The summed E-state index contributed by atoms with van der Waals surface area (Å²) in [5.41, 5.74) is 0.954. The van der Waals surface area contributed by atoms with Crippen LogP contribution in [0.25, 0.3) is 0 Å². The van der Waals surface area contributed by atoms with E-state index in [4.69, 9.17) is 44.6 Å². The van der Waals surface area contributed by atoms with Crippen molar-refractivity contribution in [2.45, 2.75) is 6.61 Å². The molecule has 3 nitrogen and oxygen atoms in total. The van der Waals surface area contributed by atoms with Crippen LogP contribution in [0.1, 0.15) is 15.9 Å². The first-order valence-corrected chi connectivity index (χ1v) is 7.60. The largest absolute Gasteiger partial charge is 0.486 e. The molecular weight excluding hydrogens is 402 g/mol. The van der Waals surface area contributed by atoms with Crippen molar-refractivity contribution in [1.82, 2.24) is 0 Å². The molecule has 0 saturated carbocycles. The lowest BCUT2D eigenvalue weighted by atomic mass is 10.1. The molecule has 2 rings (SSSR count). The van der Waals surface area contributed by atoms with E-state index in [2.05, 4.69) is 15.9 Å². The van der Waals surface area contributed by atoms with E-state index in [9.17, 15) is 4.79 Å². The van der Waals surface area contributed by atoms with Crippen molar-refractivity contribution in [2.24, 2.45) is 0 Å². The molecule has 110 valence electrons. The first-order chi connectivity index (χ1) is 9.88. The standard InChI is InChI=1S/C14H8BrCl3O3/c15-10-3-7(14(19)20)1-2-8(10)6-21-13-11(17)4-9(16)5-12(13)18/h1-5H,6H2,(H,19,20). The van der Waals surface area contributed by atoms with Crippen molar-refractivity contribution in [1.29, 1.82) is 0 Å². The Hall–Kier alpha value is -0.940. The zero-order chi connectivity index (χ0) is 15.6. The van der Waals surface area contributed by atoms with Gasteiger partial charge in [-0.2, -0.15) is 0 Å². The summed E-state index contributed by atoms with van der Waals surface area (Å²) < 4.78 is 6.22. The van der Waals surface area contributed by atoms with Gasteiger partial charge in [0.1, 0.15) is 6.61 Å². The third-order valence-electron chi connectivity index (χ3n) is 2.64. The lowest BCUT2D eigenvalue weighted by Gasteiger charge is -2.11. The van der Waals surface area contributed by atoms with Gasteiger partial charge in [0.25, 0.3) is 0 Å². The second-order valence-corrected chi connectivity index (χ2v) is 6.20. The molecule has 0 atom stereocenters. The summed E-state index contributed by atoms with van der Waals surface area (Å²) in [5.74, 6) is -0.663. The second-order valence-electron chi connectivity index (χ2n) is 4.10. The molecule has 0 saturated heterocycles. The number of benzene rings is 2. The van der Waals surface area contributed by atoms with Gasteiger partial charge in [0.2, 0.25) is 0 Å². The average molecular weight is 410 g/mol. The third-order valence-corrected chi connectivity index (χ3v) is 4.15. The molecule has 0 aromatic heterocycles. The number of hydrogen-bond donors (Lipinski definition) is 1. The third kappa shape index (κ3) is 4.04. The summed E-state index contributed by atoms with van der Waals surface area (Å²) in [5, 5.41) is 9.95. The predicted octanol–water partition coefficient (Wildman–Crippen LogP) is 5.69. The summed E-state index contributed by atoms with van der Waals surface area (Å²) in [6, 6.07) is 7.73. The van der Waals surface area contributed by atoms with Crippen LogP contribution in [0.3, 0.4) is 0 Å². The molecule has 1 N–H and O–H groups in total. The van der Waals surface area contributed by atoms with Crippen LogP contribution >= 0.6 is 50.7 Å². The van der Waals surface area contributed by atoms with Crippen LogP contribution in [-0.2, 0) is 6.61 Å². The van der Waals surface area contributed by atoms with Gasteiger partial charge in [-0.3, -0.25) is 0 Å². The molecule has 0 amide bonds. The van der Waals surface area contributed by atoms with Crippen LogP contribution in [0.2, 0.25) is 15.1 Å². The van der Waals surface area contributed by atoms with Gasteiger partial charge in [-0.25, -0.2) is 4.79 Å². The fourth-order valence-corrected chi connectivity index (χ4v) is 3.03. The van der Waals surface area contributed by atoms with Crippen molar-refractivity contribution < 1.29 is 14.6 Å². The average Bonchev–Trinajstić information content (AvgIpc) is 2.38. The molecule has 0 aliphatic rings. The Morgan fingerprint density at radius 3 is 2.29 bits per heavy atom. The van der Waals surface area contributed by atoms with E-state index in [0.29, 0.717) is 25.3 Å². The molecule has 0 radical (unpaired) electrons. The summed E-state index contributed by atoms with van der Waals surface area (Å²) in [7, 11) is 0. The molecule has 0 aliphatic heterocycles. The number of halogens is 4. The zero-order valence-corrected chi connectivity index (χ0v) is 14.2. The predicted molar refractivity (Wildman–Crippen MR) is 86.9 cm³/mol. The highest BCUT2D eigenvalue weighted by molar-refractivity contribution is 9.10. The minimum atomic E-state index is -0.994. The smallest absolute Gasteiger partial charge is 0.335 e. The number of carboxylic acids is 1. The Balaban J connectivity index is 2.19. The molecular formula is C14H8BrCl3O3. The highest BCUT2D eigenvalue weighted by atomic mass is 79.9. The first kappa shape index (κ1) is 16.4. The lowest BCUT2D eigenvalue weighted by molar-refractivity contribution is 0.0696. The molecule has 2 aromatic carbocycles. The van der Waals surface area contributed by atoms with Crippen LogP contribution in [-0.4, -0.2) is 11.1 Å². The van der Waals surface area contributed by atoms with Crippen molar-refractivity contribution in [2.75, 3.05) is 0 Å². The van der Waals surface area contributed by atoms with Gasteiger partial charge in [0.15, 0.2) is 5.75 Å². The topological polar surface area (TPSA) is 46.5 Å². The molecule has 0 fully saturated rings. The molecule has 21 heavy (non-hydrogen) atoms. The van der Waals surface area contributed by atoms with Crippen LogP contribution in [0.5, 0.6) is 5.75 Å². The van der Waals surface area contributed by atoms with Crippen LogP contribution in [0.4, 0.5) is 0 Å². The Kier molecular flexibility index (Phi) is 5.38. The minimum Gasteiger partial charge on any atom is -0.486 e. The maximum absolute atomic E-state index is 10.9. The molecule has 0 heterocycles. The van der Waals surface area contributed by atoms with Gasteiger partial charge in [-0.05, 0) is 24.3 Å². The zero-order valence-electron chi connectivity index (χ0n) is 10.4. The monoisotopic (exact) mass is 408 g/mol. The van der Waals surface area contributed by atoms with Gasteiger partial charge in [-0.1, -0.05) is 56.8 Å². The van der Waals surface area contributed by atoms with Gasteiger partial charge in [-0.15, -0.1) is 0 Å². The molecule has 0 spiro atoms. The summed E-state index contributed by atoms with van der Waals surface area (Å²) in [6.45, 7) is 0.182. The second kappa shape index (κ2) is 6.88. The van der Waals surface area contributed by atoms with Gasteiger partial charge < -0.3 is 9.84 Å². The molecule has 2 aromatic rings. The summed E-state index contributed by atoms with van der Waals surface area (Å²) >= 11 is 21.2. The molecule has 0 unspecified atom stereocenters. The van der Waals surface area contributed by atoms with Crippen LogP contribution < -0.4 is 4.74 Å². The summed E-state index contributed by atoms with van der Waals surface area (Å²) in [4.78, 5) is 10.9. The number of ether oxygens (including phenoxy) is 1. The lowest BCUT2D eigenvalue weighted by Crippen LogP contribution is -2.01. The first-order valence-electron chi connectivity index (χ1n) is 5.67. The molecule has 0 aliphatic carbocycles. The van der Waals surface area contributed by atoms with Crippen molar-refractivity contribution in [3.63, 3.8) is 0 Å². The Bertz CT molecular complexity index is 681. The summed E-state index contributed by atoms with van der Waals surface area (Å²) in [6.07, 6.45) is 0. The number of rotatable bonds is 4. The molecule has 0 bridgehead atoms. The Labute approximate surface area is 144 Å². The fraction of sp³-hybridized carbons (Fsp3) is 0.0714. The maximum atomic E-state index is 10.9. The van der Waals surface area contributed by atoms with Gasteiger partial charge in [0, 0.05) is 15.1 Å². The number of carbonyl (C=O) groups is 1. The van der Waals surface area contributed by atoms with Gasteiger partial charge in [0.05, 0.1) is 15.6 Å². The maximum Gasteiger partial charge on any atom is 0.335 e. The van der Waals surface area contributed by atoms with E-state index >= 15 is 0 Å². The molecule has 7 heteroatoms. The minimum absolute atomic E-state index is 0.182. The van der Waals surface area contributed by atoms with Crippen molar-refractivity contribution >= 4 is 56.7 Å². The number of hydrogen-bond acceptors (Lipinski definition) is 2. The normalized spacial score (nSPS) is 10.5. The van der Waals surface area contributed by atoms with Crippen molar-refractivity contribution in [3.8, 4) is 5.75 Å². The van der Waals surface area contributed by atoms with E-state index in [1.54, 1.807) is 6.07 Å². The Morgan fingerprint density at radius 1 is 1.14 bits per heavy atom. The van der Waals surface area contributed by atoms with E-state index in [1.807, 2.05) is 0 Å². The number of aromatic carboxylic acids is 1. The Morgan fingerprint density at radius 2 is 1.76 bits per heavy atom. The van der Waals surface area contributed by atoms with E-state index in [-0.39, 0.29) is 12.2 Å². The highest BCUT2D eigenvalue weighted by Gasteiger charge is 2.11. The van der Waals surface area contributed by atoms with E-state index in [1.165, 1.54) is 24.3 Å². The number of carboxylic acid groups (broad SMARTS) is 1. The van der Waals surface area contributed by atoms with Crippen molar-refractivity contribution in [3.05, 3.63) is 61.0 Å². The van der Waals surface area contributed by atoms with E-state index in [0.717, 1.165) is 5.56 Å². The fourth-order valence-electron chi connectivity index (χ4n) is 1.61. The quantitative estimate of drug-likeness (QED) is 0.705.